The van der Waals surface area contributed by atoms with Crippen LogP contribution in [-0.2, 0) is 19.6 Å². The molecule has 0 aromatic heterocycles. The molecule has 27 heavy (non-hydrogen) atoms. The quantitative estimate of drug-likeness (QED) is 0.746. The van der Waals surface area contributed by atoms with Crippen LogP contribution in [0.3, 0.4) is 0 Å². The van der Waals surface area contributed by atoms with Crippen molar-refractivity contribution in [3.8, 4) is 0 Å². The molecular formula is C21H21NO4S. The minimum atomic E-state index is -3.85. The number of sulfonamides is 1. The van der Waals surface area contributed by atoms with Gasteiger partial charge in [0.25, 0.3) is 10.0 Å². The monoisotopic (exact) mass is 383 g/mol. The van der Waals surface area contributed by atoms with E-state index >= 15 is 0 Å². The van der Waals surface area contributed by atoms with E-state index in [1.807, 2.05) is 44.2 Å². The standard InChI is InChI=1S/C21H21NO4S/c1-15-9-11-20(12-10-15)27(24,25)22-14-19(26-17(3)23)13-16(2)21(22)18-7-5-4-6-8-18/h4-14,21H,1-3H3. The summed E-state index contributed by atoms with van der Waals surface area (Å²) in [5.41, 5.74) is 2.56. The molecule has 0 amide bonds. The van der Waals surface area contributed by atoms with E-state index in [4.69, 9.17) is 4.74 Å². The van der Waals surface area contributed by atoms with Gasteiger partial charge in [-0.25, -0.2) is 8.42 Å². The first-order chi connectivity index (χ1) is 12.8. The molecular weight excluding hydrogens is 362 g/mol. The Labute approximate surface area is 159 Å². The zero-order chi connectivity index (χ0) is 19.6. The van der Waals surface area contributed by atoms with Crippen LogP contribution in [0.25, 0.3) is 0 Å². The van der Waals surface area contributed by atoms with E-state index < -0.39 is 22.0 Å². The fourth-order valence-corrected chi connectivity index (χ4v) is 4.58. The van der Waals surface area contributed by atoms with Crippen molar-refractivity contribution in [3.05, 3.63) is 89.3 Å². The van der Waals surface area contributed by atoms with Gasteiger partial charge in [-0.2, -0.15) is 0 Å². The number of hydrogen-bond acceptors (Lipinski definition) is 4. The van der Waals surface area contributed by atoms with Gasteiger partial charge in [-0.15, -0.1) is 0 Å². The molecule has 0 aliphatic carbocycles. The van der Waals surface area contributed by atoms with Gasteiger partial charge in [-0.05, 0) is 43.2 Å². The molecule has 2 aromatic carbocycles. The first-order valence-corrected chi connectivity index (χ1v) is 9.96. The summed E-state index contributed by atoms with van der Waals surface area (Å²) in [7, 11) is -3.85. The van der Waals surface area contributed by atoms with E-state index in [0.29, 0.717) is 0 Å². The van der Waals surface area contributed by atoms with Crippen LogP contribution in [0.1, 0.15) is 31.0 Å². The van der Waals surface area contributed by atoms with E-state index in [2.05, 4.69) is 0 Å². The average Bonchev–Trinajstić information content (AvgIpc) is 2.62. The predicted octanol–water partition coefficient (Wildman–Crippen LogP) is 4.09. The van der Waals surface area contributed by atoms with Gasteiger partial charge in [0.05, 0.1) is 17.1 Å². The van der Waals surface area contributed by atoms with Crippen LogP contribution >= 0.6 is 0 Å². The molecule has 1 aliphatic heterocycles. The summed E-state index contributed by atoms with van der Waals surface area (Å²) in [6.07, 6.45) is 3.07. The topological polar surface area (TPSA) is 63.7 Å². The molecule has 3 rings (SSSR count). The second-order valence-electron chi connectivity index (χ2n) is 6.47. The van der Waals surface area contributed by atoms with Gasteiger partial charge in [-0.1, -0.05) is 48.0 Å². The van der Waals surface area contributed by atoms with Crippen molar-refractivity contribution >= 4 is 16.0 Å². The second kappa shape index (κ2) is 7.40. The van der Waals surface area contributed by atoms with Crippen molar-refractivity contribution in [1.29, 1.82) is 0 Å². The summed E-state index contributed by atoms with van der Waals surface area (Å²) in [4.78, 5) is 11.6. The Morgan fingerprint density at radius 3 is 2.22 bits per heavy atom. The zero-order valence-corrected chi connectivity index (χ0v) is 16.2. The third kappa shape index (κ3) is 3.95. The summed E-state index contributed by atoms with van der Waals surface area (Å²) in [5, 5.41) is 0. The van der Waals surface area contributed by atoms with Gasteiger partial charge in [0, 0.05) is 6.92 Å². The van der Waals surface area contributed by atoms with Gasteiger partial charge in [0.1, 0.15) is 5.76 Å². The maximum atomic E-state index is 13.4. The normalized spacial score (nSPS) is 17.1. The SMILES string of the molecule is CC(=O)OC1=CN(S(=O)(=O)c2ccc(C)cc2)C(c2ccccc2)C(C)=C1. The molecule has 1 heterocycles. The van der Waals surface area contributed by atoms with Crippen LogP contribution in [0, 0.1) is 6.92 Å². The Hall–Kier alpha value is -2.86. The number of hydrogen-bond donors (Lipinski definition) is 0. The number of esters is 1. The van der Waals surface area contributed by atoms with Crippen molar-refractivity contribution in [2.45, 2.75) is 31.7 Å². The van der Waals surface area contributed by atoms with Crippen molar-refractivity contribution in [2.24, 2.45) is 0 Å². The van der Waals surface area contributed by atoms with Gasteiger partial charge in [0.15, 0.2) is 0 Å². The van der Waals surface area contributed by atoms with Gasteiger partial charge in [0.2, 0.25) is 0 Å². The highest BCUT2D eigenvalue weighted by molar-refractivity contribution is 7.89. The smallest absolute Gasteiger partial charge is 0.308 e. The van der Waals surface area contributed by atoms with E-state index in [0.717, 1.165) is 16.7 Å². The predicted molar refractivity (Wildman–Crippen MR) is 103 cm³/mol. The third-order valence-corrected chi connectivity index (χ3v) is 6.02. The first-order valence-electron chi connectivity index (χ1n) is 8.52. The molecule has 2 aromatic rings. The number of aryl methyl sites for hydroxylation is 1. The molecule has 6 heteroatoms. The van der Waals surface area contributed by atoms with Crippen LogP contribution in [0.5, 0.6) is 0 Å². The van der Waals surface area contributed by atoms with Crippen molar-refractivity contribution < 1.29 is 17.9 Å². The molecule has 1 atom stereocenters. The minimum absolute atomic E-state index is 0.183. The van der Waals surface area contributed by atoms with Crippen LogP contribution in [0.4, 0.5) is 0 Å². The van der Waals surface area contributed by atoms with Crippen molar-refractivity contribution in [2.75, 3.05) is 0 Å². The summed E-state index contributed by atoms with van der Waals surface area (Å²) in [6, 6.07) is 15.5. The lowest BCUT2D eigenvalue weighted by Crippen LogP contribution is -2.33. The average molecular weight is 383 g/mol. The molecule has 140 valence electrons. The summed E-state index contributed by atoms with van der Waals surface area (Å²) >= 11 is 0. The summed E-state index contributed by atoms with van der Waals surface area (Å²) < 4.78 is 33.2. The number of allylic oxidation sites excluding steroid dienone is 1. The Morgan fingerprint density at radius 2 is 1.63 bits per heavy atom. The Balaban J connectivity index is 2.13. The molecule has 1 unspecified atom stereocenters. The number of nitrogens with zero attached hydrogens (tertiary/aromatic N) is 1. The third-order valence-electron chi connectivity index (χ3n) is 4.28. The van der Waals surface area contributed by atoms with Gasteiger partial charge in [-0.3, -0.25) is 9.10 Å². The number of carbonyl (C=O) groups excluding carboxylic acids is 1. The Kier molecular flexibility index (Phi) is 5.19. The zero-order valence-electron chi connectivity index (χ0n) is 15.4. The minimum Gasteiger partial charge on any atom is -0.425 e. The highest BCUT2D eigenvalue weighted by atomic mass is 32.2. The van der Waals surface area contributed by atoms with E-state index in [1.165, 1.54) is 17.4 Å². The Bertz CT molecular complexity index is 1010. The molecule has 0 saturated heterocycles. The molecule has 0 fully saturated rings. The highest BCUT2D eigenvalue weighted by Crippen LogP contribution is 2.37. The van der Waals surface area contributed by atoms with Crippen molar-refractivity contribution in [1.82, 2.24) is 4.31 Å². The van der Waals surface area contributed by atoms with Crippen molar-refractivity contribution in [3.63, 3.8) is 0 Å². The lowest BCUT2D eigenvalue weighted by Gasteiger charge is -2.34. The number of benzene rings is 2. The van der Waals surface area contributed by atoms with E-state index in [9.17, 15) is 13.2 Å². The molecule has 0 bridgehead atoms. The lowest BCUT2D eigenvalue weighted by molar-refractivity contribution is -0.136. The maximum absolute atomic E-state index is 13.4. The number of ether oxygens (including phenoxy) is 1. The van der Waals surface area contributed by atoms with Crippen LogP contribution < -0.4 is 0 Å². The largest absolute Gasteiger partial charge is 0.425 e. The molecule has 0 radical (unpaired) electrons. The summed E-state index contributed by atoms with van der Waals surface area (Å²) in [5.74, 6) is -0.306. The van der Waals surface area contributed by atoms with E-state index in [-0.39, 0.29) is 10.7 Å². The van der Waals surface area contributed by atoms with Gasteiger partial charge < -0.3 is 4.74 Å². The maximum Gasteiger partial charge on any atom is 0.308 e. The second-order valence-corrected chi connectivity index (χ2v) is 8.32. The fraction of sp³-hybridized carbons (Fsp3) is 0.190. The number of carbonyl (C=O) groups is 1. The lowest BCUT2D eigenvalue weighted by atomic mass is 9.97. The Morgan fingerprint density at radius 1 is 1.00 bits per heavy atom. The van der Waals surface area contributed by atoms with Crippen LogP contribution in [0.2, 0.25) is 0 Å². The molecule has 5 nitrogen and oxygen atoms in total. The fourth-order valence-electron chi connectivity index (χ4n) is 3.05. The first kappa shape index (κ1) is 18.9. The van der Waals surface area contributed by atoms with Gasteiger partial charge >= 0.3 is 5.97 Å². The van der Waals surface area contributed by atoms with Crippen LogP contribution in [0.15, 0.2) is 83.1 Å². The highest BCUT2D eigenvalue weighted by Gasteiger charge is 2.34. The molecule has 1 aliphatic rings. The molecule has 0 saturated carbocycles. The van der Waals surface area contributed by atoms with E-state index in [1.54, 1.807) is 30.3 Å². The van der Waals surface area contributed by atoms with Crippen LogP contribution in [-0.4, -0.2) is 18.7 Å². The number of rotatable bonds is 4. The summed E-state index contributed by atoms with van der Waals surface area (Å²) in [6.45, 7) is 5.01. The molecule has 0 N–H and O–H groups in total. The molecule has 0 spiro atoms.